The van der Waals surface area contributed by atoms with Crippen molar-refractivity contribution in [1.29, 1.82) is 0 Å². The van der Waals surface area contributed by atoms with E-state index in [4.69, 9.17) is 0 Å². The summed E-state index contributed by atoms with van der Waals surface area (Å²) >= 11 is 2.36. The summed E-state index contributed by atoms with van der Waals surface area (Å²) in [4.78, 5) is 2.51. The first-order valence-corrected chi connectivity index (χ1v) is 8.52. The zero-order valence-corrected chi connectivity index (χ0v) is 14.6. The number of nitrogens with zero attached hydrogens (tertiary/aromatic N) is 2. The van der Waals surface area contributed by atoms with Gasteiger partial charge in [-0.2, -0.15) is 0 Å². The van der Waals surface area contributed by atoms with Crippen molar-refractivity contribution in [3.05, 3.63) is 59.7 Å². The maximum atomic E-state index is 2.51. The number of anilines is 2. The second kappa shape index (κ2) is 6.79. The number of halogens is 1. The van der Waals surface area contributed by atoms with Crippen molar-refractivity contribution in [3.8, 4) is 0 Å². The molecule has 1 aliphatic rings. The van der Waals surface area contributed by atoms with Crippen LogP contribution in [0.15, 0.2) is 48.5 Å². The maximum absolute atomic E-state index is 2.51. The predicted molar refractivity (Wildman–Crippen MR) is 98.6 cm³/mol. The van der Waals surface area contributed by atoms with Crippen LogP contribution in [0, 0.1) is 0 Å². The SMILES string of the molecule is CN(I)CCCN1c2ccccc2CCc2ccccc21. The van der Waals surface area contributed by atoms with E-state index in [1.54, 1.807) is 0 Å². The highest BCUT2D eigenvalue weighted by atomic mass is 127. The Morgan fingerprint density at radius 3 is 2.00 bits per heavy atom. The maximum Gasteiger partial charge on any atom is 0.0443 e. The molecule has 3 rings (SSSR count). The van der Waals surface area contributed by atoms with E-state index in [1.807, 2.05) is 0 Å². The van der Waals surface area contributed by atoms with Gasteiger partial charge < -0.3 is 4.90 Å². The third-order valence-electron chi connectivity index (χ3n) is 4.08. The predicted octanol–water partition coefficient (Wildman–Crippen LogP) is 4.60. The largest absolute Gasteiger partial charge is 0.341 e. The third-order valence-corrected chi connectivity index (χ3v) is 4.56. The molecule has 0 unspecified atom stereocenters. The van der Waals surface area contributed by atoms with Crippen molar-refractivity contribution in [2.75, 3.05) is 25.0 Å². The standard InChI is InChI=1S/C18H21IN2/c1-20(19)13-6-14-21-17-9-4-2-7-15(17)11-12-16-8-3-5-10-18(16)21/h2-5,7-10H,6,11-14H2,1H3. The number of para-hydroxylation sites is 2. The number of fused-ring (bicyclic) bond motifs is 2. The summed E-state index contributed by atoms with van der Waals surface area (Å²) < 4.78 is 2.23. The van der Waals surface area contributed by atoms with Gasteiger partial charge in [-0.1, -0.05) is 36.4 Å². The van der Waals surface area contributed by atoms with E-state index in [-0.39, 0.29) is 0 Å². The number of aryl methyl sites for hydroxylation is 2. The molecule has 0 amide bonds. The van der Waals surface area contributed by atoms with Crippen LogP contribution < -0.4 is 4.90 Å². The highest BCUT2D eigenvalue weighted by molar-refractivity contribution is 14.1. The molecule has 0 saturated heterocycles. The van der Waals surface area contributed by atoms with Crippen LogP contribution in [0.3, 0.4) is 0 Å². The van der Waals surface area contributed by atoms with E-state index in [0.29, 0.717) is 0 Å². The Bertz CT molecular complexity index is 562. The molecule has 0 bridgehead atoms. The van der Waals surface area contributed by atoms with Crippen LogP contribution >= 0.6 is 22.9 Å². The number of hydrogen-bond acceptors (Lipinski definition) is 2. The Labute approximate surface area is 141 Å². The molecule has 2 aromatic carbocycles. The molecule has 0 aromatic heterocycles. The van der Waals surface area contributed by atoms with E-state index in [1.165, 1.54) is 28.9 Å². The normalized spacial score (nSPS) is 13.8. The Balaban J connectivity index is 1.95. The Morgan fingerprint density at radius 2 is 1.48 bits per heavy atom. The molecule has 0 atom stereocenters. The van der Waals surface area contributed by atoms with Gasteiger partial charge in [0.1, 0.15) is 0 Å². The first kappa shape index (κ1) is 14.9. The molecule has 0 spiro atoms. The highest BCUT2D eigenvalue weighted by Gasteiger charge is 2.19. The lowest BCUT2D eigenvalue weighted by molar-refractivity contribution is 0.582. The first-order chi connectivity index (χ1) is 10.3. The lowest BCUT2D eigenvalue weighted by Gasteiger charge is -2.27. The summed E-state index contributed by atoms with van der Waals surface area (Å²) in [6.45, 7) is 2.18. The van der Waals surface area contributed by atoms with Gasteiger partial charge in [-0.3, -0.25) is 3.11 Å². The Hall–Kier alpha value is -1.07. The van der Waals surface area contributed by atoms with Gasteiger partial charge in [0.25, 0.3) is 0 Å². The molecule has 1 heterocycles. The second-order valence-corrected chi connectivity index (χ2v) is 7.24. The number of benzene rings is 2. The third kappa shape index (κ3) is 3.40. The molecule has 21 heavy (non-hydrogen) atoms. The molecular weight excluding hydrogens is 371 g/mol. The first-order valence-electron chi connectivity index (χ1n) is 7.56. The molecule has 0 N–H and O–H groups in total. The summed E-state index contributed by atoms with van der Waals surface area (Å²) in [6, 6.07) is 17.7. The summed E-state index contributed by atoms with van der Waals surface area (Å²) in [5.41, 5.74) is 5.71. The zero-order chi connectivity index (χ0) is 14.7. The summed E-state index contributed by atoms with van der Waals surface area (Å²) in [7, 11) is 2.13. The van der Waals surface area contributed by atoms with Gasteiger partial charge in [0.2, 0.25) is 0 Å². The van der Waals surface area contributed by atoms with Gasteiger partial charge in [0, 0.05) is 47.3 Å². The Kier molecular flexibility index (Phi) is 4.80. The topological polar surface area (TPSA) is 6.48 Å². The monoisotopic (exact) mass is 392 g/mol. The van der Waals surface area contributed by atoms with E-state index in [2.05, 4.69) is 86.5 Å². The van der Waals surface area contributed by atoms with Crippen molar-refractivity contribution < 1.29 is 0 Å². The van der Waals surface area contributed by atoms with Crippen molar-refractivity contribution in [2.45, 2.75) is 19.3 Å². The second-order valence-electron chi connectivity index (χ2n) is 5.59. The molecule has 0 radical (unpaired) electrons. The van der Waals surface area contributed by atoms with Crippen LogP contribution in [0.1, 0.15) is 17.5 Å². The van der Waals surface area contributed by atoms with Gasteiger partial charge in [-0.15, -0.1) is 0 Å². The van der Waals surface area contributed by atoms with Gasteiger partial charge in [-0.05, 0) is 49.6 Å². The highest BCUT2D eigenvalue weighted by Crippen LogP contribution is 2.35. The van der Waals surface area contributed by atoms with Gasteiger partial charge in [0.15, 0.2) is 0 Å². The summed E-state index contributed by atoms with van der Waals surface area (Å²) in [5.74, 6) is 0. The minimum Gasteiger partial charge on any atom is -0.341 e. The van der Waals surface area contributed by atoms with Crippen LogP contribution in [0.5, 0.6) is 0 Å². The smallest absolute Gasteiger partial charge is 0.0443 e. The van der Waals surface area contributed by atoms with Crippen molar-refractivity contribution in [1.82, 2.24) is 3.11 Å². The van der Waals surface area contributed by atoms with Crippen LogP contribution in [0.2, 0.25) is 0 Å². The van der Waals surface area contributed by atoms with E-state index in [0.717, 1.165) is 25.9 Å². The summed E-state index contributed by atoms with van der Waals surface area (Å²) in [5, 5.41) is 0. The van der Waals surface area contributed by atoms with Crippen LogP contribution in [-0.2, 0) is 12.8 Å². The van der Waals surface area contributed by atoms with E-state index < -0.39 is 0 Å². The minimum atomic E-state index is 1.07. The number of hydrogen-bond donors (Lipinski definition) is 0. The summed E-state index contributed by atoms with van der Waals surface area (Å²) in [6.07, 6.45) is 3.44. The fourth-order valence-electron chi connectivity index (χ4n) is 3.06. The van der Waals surface area contributed by atoms with E-state index in [9.17, 15) is 0 Å². The van der Waals surface area contributed by atoms with Gasteiger partial charge in [0.05, 0.1) is 0 Å². The molecule has 110 valence electrons. The molecule has 2 aromatic rings. The number of rotatable bonds is 4. The van der Waals surface area contributed by atoms with Gasteiger partial charge >= 0.3 is 0 Å². The minimum absolute atomic E-state index is 1.07. The quantitative estimate of drug-likeness (QED) is 0.555. The van der Waals surface area contributed by atoms with Crippen LogP contribution in [0.25, 0.3) is 0 Å². The van der Waals surface area contributed by atoms with Crippen LogP contribution in [-0.4, -0.2) is 23.3 Å². The molecular formula is C18H21IN2. The molecule has 2 nitrogen and oxygen atoms in total. The van der Waals surface area contributed by atoms with Crippen molar-refractivity contribution in [3.63, 3.8) is 0 Å². The molecule has 3 heteroatoms. The van der Waals surface area contributed by atoms with Crippen LogP contribution in [0.4, 0.5) is 11.4 Å². The molecule has 0 aliphatic carbocycles. The average Bonchev–Trinajstić information content (AvgIpc) is 2.65. The molecule has 0 saturated carbocycles. The molecule has 1 aliphatic heterocycles. The van der Waals surface area contributed by atoms with E-state index >= 15 is 0 Å². The van der Waals surface area contributed by atoms with Crippen molar-refractivity contribution >= 4 is 34.2 Å². The average molecular weight is 392 g/mol. The zero-order valence-electron chi connectivity index (χ0n) is 12.4. The molecule has 0 fully saturated rings. The fraction of sp³-hybridized carbons (Fsp3) is 0.333. The fourth-order valence-corrected chi connectivity index (χ4v) is 3.40. The van der Waals surface area contributed by atoms with Crippen molar-refractivity contribution in [2.24, 2.45) is 0 Å². The Morgan fingerprint density at radius 1 is 0.952 bits per heavy atom. The lowest BCUT2D eigenvalue weighted by Crippen LogP contribution is -2.22. The lowest BCUT2D eigenvalue weighted by atomic mass is 10.0. The van der Waals surface area contributed by atoms with Gasteiger partial charge in [-0.25, -0.2) is 0 Å².